The van der Waals surface area contributed by atoms with E-state index in [1.54, 1.807) is 0 Å². The molecule has 0 amide bonds. The van der Waals surface area contributed by atoms with Gasteiger partial charge in [0.05, 0.1) is 0 Å². The summed E-state index contributed by atoms with van der Waals surface area (Å²) in [6, 6.07) is 43.5. The van der Waals surface area contributed by atoms with Gasteiger partial charge in [0.2, 0.25) is 0 Å². The molecule has 6 aromatic rings. The molecule has 0 aliphatic heterocycles. The van der Waals surface area contributed by atoms with E-state index in [0.717, 1.165) is 35.0 Å². The molecule has 178 valence electrons. The number of benzene rings is 6. The number of nitrogen functional groups attached to an aromatic ring is 2. The minimum atomic E-state index is -0.231. The summed E-state index contributed by atoms with van der Waals surface area (Å²) >= 11 is 0. The highest BCUT2D eigenvalue weighted by Gasteiger charge is 2.43. The highest BCUT2D eigenvalue weighted by molar-refractivity contribution is 5.96. The lowest BCUT2D eigenvalue weighted by atomic mass is 9.68. The lowest BCUT2D eigenvalue weighted by Gasteiger charge is -2.34. The van der Waals surface area contributed by atoms with Gasteiger partial charge >= 0.3 is 0 Å². The Labute approximate surface area is 217 Å². The molecular weight excluding hydrogens is 448 g/mol. The highest BCUT2D eigenvalue weighted by Crippen LogP contribution is 2.53. The molecule has 0 saturated heterocycles. The molecule has 7 rings (SSSR count). The molecule has 1 aliphatic rings. The zero-order valence-electron chi connectivity index (χ0n) is 20.6. The van der Waals surface area contributed by atoms with Crippen molar-refractivity contribution in [2.45, 2.75) is 18.3 Å². The second-order valence-corrected chi connectivity index (χ2v) is 10.2. The largest absolute Gasteiger partial charge is 0.398 e. The minimum absolute atomic E-state index is 0.231. The molecule has 1 aliphatic carbocycles. The zero-order chi connectivity index (χ0) is 25.0. The summed E-state index contributed by atoms with van der Waals surface area (Å²) in [6.45, 7) is 0. The molecule has 0 unspecified atom stereocenters. The summed E-state index contributed by atoms with van der Waals surface area (Å²) < 4.78 is 0. The summed E-state index contributed by atoms with van der Waals surface area (Å²) in [7, 11) is 0. The highest BCUT2D eigenvalue weighted by atomic mass is 14.6. The lowest BCUT2D eigenvalue weighted by Crippen LogP contribution is -2.31. The van der Waals surface area contributed by atoms with Crippen molar-refractivity contribution in [3.63, 3.8) is 0 Å². The van der Waals surface area contributed by atoms with Gasteiger partial charge in [-0.3, -0.25) is 0 Å². The predicted molar refractivity (Wildman–Crippen MR) is 157 cm³/mol. The fourth-order valence-electron chi connectivity index (χ4n) is 6.62. The van der Waals surface area contributed by atoms with Crippen LogP contribution in [0.3, 0.4) is 0 Å². The van der Waals surface area contributed by atoms with Crippen LogP contribution in [-0.4, -0.2) is 0 Å². The number of rotatable bonds is 4. The number of anilines is 2. The van der Waals surface area contributed by atoms with Gasteiger partial charge in [-0.1, -0.05) is 109 Å². The van der Waals surface area contributed by atoms with Gasteiger partial charge in [-0.2, -0.15) is 0 Å². The van der Waals surface area contributed by atoms with Crippen molar-refractivity contribution in [2.24, 2.45) is 0 Å². The third-order valence-electron chi connectivity index (χ3n) is 8.25. The van der Waals surface area contributed by atoms with Gasteiger partial charge in [0.1, 0.15) is 0 Å². The quantitative estimate of drug-likeness (QED) is 0.254. The molecule has 0 radical (unpaired) electrons. The van der Waals surface area contributed by atoms with Crippen LogP contribution in [0.1, 0.15) is 22.3 Å². The third kappa shape index (κ3) is 3.26. The van der Waals surface area contributed by atoms with Crippen molar-refractivity contribution in [3.05, 3.63) is 144 Å². The average molecular weight is 477 g/mol. The number of nitrogens with two attached hydrogens (primary N) is 2. The Morgan fingerprint density at radius 1 is 0.405 bits per heavy atom. The Balaban J connectivity index is 1.51. The van der Waals surface area contributed by atoms with Crippen molar-refractivity contribution in [2.75, 3.05) is 11.5 Å². The van der Waals surface area contributed by atoms with Crippen molar-refractivity contribution >= 4 is 32.9 Å². The Morgan fingerprint density at radius 2 is 0.811 bits per heavy atom. The van der Waals surface area contributed by atoms with Crippen molar-refractivity contribution in [1.29, 1.82) is 0 Å². The van der Waals surface area contributed by atoms with Gasteiger partial charge in [0.15, 0.2) is 0 Å². The summed E-state index contributed by atoms with van der Waals surface area (Å²) in [4.78, 5) is 0. The molecule has 2 nitrogen and oxygen atoms in total. The molecule has 0 fully saturated rings. The third-order valence-corrected chi connectivity index (χ3v) is 8.25. The predicted octanol–water partition coefficient (Wildman–Crippen LogP) is 7.91. The van der Waals surface area contributed by atoms with Gasteiger partial charge in [-0.25, -0.2) is 0 Å². The molecule has 37 heavy (non-hydrogen) atoms. The smallest absolute Gasteiger partial charge is 0.0393 e. The summed E-state index contributed by atoms with van der Waals surface area (Å²) in [5.74, 6) is 0. The number of hydrogen-bond acceptors (Lipinski definition) is 2. The monoisotopic (exact) mass is 476 g/mol. The second-order valence-electron chi connectivity index (χ2n) is 10.2. The van der Waals surface area contributed by atoms with Crippen LogP contribution in [0.2, 0.25) is 0 Å². The van der Waals surface area contributed by atoms with Crippen LogP contribution >= 0.6 is 0 Å². The second kappa shape index (κ2) is 8.25. The van der Waals surface area contributed by atoms with E-state index in [2.05, 4.69) is 109 Å². The van der Waals surface area contributed by atoms with Crippen LogP contribution in [0.25, 0.3) is 32.7 Å². The fraction of sp³-hybridized carbons (Fsp3) is 0.0857. The van der Waals surface area contributed by atoms with Crippen molar-refractivity contribution < 1.29 is 0 Å². The van der Waals surface area contributed by atoms with Crippen LogP contribution < -0.4 is 11.5 Å². The summed E-state index contributed by atoms with van der Waals surface area (Å²) in [5, 5.41) is 4.69. The van der Waals surface area contributed by atoms with Gasteiger partial charge in [0, 0.05) is 27.6 Å². The van der Waals surface area contributed by atoms with E-state index in [9.17, 15) is 0 Å². The Morgan fingerprint density at radius 3 is 1.30 bits per heavy atom. The van der Waals surface area contributed by atoms with Gasteiger partial charge in [-0.15, -0.1) is 0 Å². The summed E-state index contributed by atoms with van der Waals surface area (Å²) in [5.41, 5.74) is 22.3. The van der Waals surface area contributed by atoms with Crippen LogP contribution in [-0.2, 0) is 18.3 Å². The maximum Gasteiger partial charge on any atom is 0.0393 e. The van der Waals surface area contributed by atoms with Gasteiger partial charge < -0.3 is 11.5 Å². The normalized spacial score (nSPS) is 13.5. The first-order valence-electron chi connectivity index (χ1n) is 12.9. The van der Waals surface area contributed by atoms with E-state index in [0.29, 0.717) is 0 Å². The first-order valence-corrected chi connectivity index (χ1v) is 12.9. The average Bonchev–Trinajstić information content (AvgIpc) is 3.20. The number of fused-ring (bicyclic) bond motifs is 5. The van der Waals surface area contributed by atoms with Crippen LogP contribution in [0.5, 0.6) is 0 Å². The molecule has 2 heteroatoms. The molecule has 0 bridgehead atoms. The number of hydrogen-bond donors (Lipinski definition) is 2. The SMILES string of the molecule is Nc1cccc2c(CC3(Cc4cccc5c(N)cccc45)c4ccccc4-c4ccccc43)cccc12. The topological polar surface area (TPSA) is 52.0 Å². The summed E-state index contributed by atoms with van der Waals surface area (Å²) in [6.07, 6.45) is 1.75. The van der Waals surface area contributed by atoms with Crippen LogP contribution in [0, 0.1) is 0 Å². The molecule has 0 spiro atoms. The van der Waals surface area contributed by atoms with E-state index < -0.39 is 0 Å². The minimum Gasteiger partial charge on any atom is -0.398 e. The maximum absolute atomic E-state index is 6.41. The van der Waals surface area contributed by atoms with Gasteiger partial charge in [0.25, 0.3) is 0 Å². The van der Waals surface area contributed by atoms with E-state index >= 15 is 0 Å². The molecule has 6 aromatic carbocycles. The van der Waals surface area contributed by atoms with Gasteiger partial charge in [-0.05, 0) is 69.1 Å². The standard InChI is InChI=1S/C35H28N2/c36-33-19-7-13-25-23(9-5-15-29(25)33)21-35(22-24-10-6-16-30-26(24)14-8-20-34(30)37)31-17-3-1-11-27(31)28-12-2-4-18-32(28)35/h1-20H,21-22,36-37H2. The molecule has 4 N–H and O–H groups in total. The molecule has 0 aromatic heterocycles. The molecule has 0 saturated carbocycles. The molecule has 0 atom stereocenters. The van der Waals surface area contributed by atoms with Crippen molar-refractivity contribution in [3.8, 4) is 11.1 Å². The molecular formula is C35H28N2. The Kier molecular flexibility index (Phi) is 4.84. The molecule has 0 heterocycles. The zero-order valence-corrected chi connectivity index (χ0v) is 20.6. The fourth-order valence-corrected chi connectivity index (χ4v) is 6.62. The Hall–Kier alpha value is -4.56. The van der Waals surface area contributed by atoms with Crippen LogP contribution in [0.15, 0.2) is 121 Å². The first-order chi connectivity index (χ1) is 18.2. The van der Waals surface area contributed by atoms with Crippen LogP contribution in [0.4, 0.5) is 11.4 Å². The van der Waals surface area contributed by atoms with E-state index in [-0.39, 0.29) is 5.41 Å². The maximum atomic E-state index is 6.41. The first kappa shape index (κ1) is 21.7. The van der Waals surface area contributed by atoms with Crippen molar-refractivity contribution in [1.82, 2.24) is 0 Å². The van der Waals surface area contributed by atoms with E-state index in [4.69, 9.17) is 11.5 Å². The van der Waals surface area contributed by atoms with E-state index in [1.807, 2.05) is 12.1 Å². The Bertz CT molecular complexity index is 1680. The lowest BCUT2D eigenvalue weighted by molar-refractivity contribution is 0.523. The van der Waals surface area contributed by atoms with E-state index in [1.165, 1.54) is 44.2 Å².